The molecule has 2 aliphatic heterocycles. The molecule has 0 aromatic heterocycles. The number of fused-ring (bicyclic) bond motifs is 1. The van der Waals surface area contributed by atoms with E-state index in [1.807, 2.05) is 6.07 Å². The zero-order valence-corrected chi connectivity index (χ0v) is 12.2. The highest BCUT2D eigenvalue weighted by atomic mass is 19.1. The monoisotopic (exact) mass is 277 g/mol. The molecule has 3 nitrogen and oxygen atoms in total. The van der Waals surface area contributed by atoms with E-state index in [2.05, 4.69) is 16.7 Å². The molecule has 2 heterocycles. The molecule has 20 heavy (non-hydrogen) atoms. The summed E-state index contributed by atoms with van der Waals surface area (Å²) in [4.78, 5) is 5.12. The number of nitrogen functional groups attached to an aromatic ring is 1. The van der Waals surface area contributed by atoms with Gasteiger partial charge in [0.05, 0.1) is 5.69 Å². The zero-order chi connectivity index (χ0) is 14.1. The molecule has 2 atom stereocenters. The third kappa shape index (κ3) is 2.81. The fourth-order valence-corrected chi connectivity index (χ4v) is 3.54. The molecular formula is C16H24FN3. The Morgan fingerprint density at radius 1 is 1.30 bits per heavy atom. The van der Waals surface area contributed by atoms with Crippen LogP contribution in [0.3, 0.4) is 0 Å². The van der Waals surface area contributed by atoms with Gasteiger partial charge in [0.2, 0.25) is 0 Å². The van der Waals surface area contributed by atoms with Gasteiger partial charge in [-0.2, -0.15) is 0 Å². The summed E-state index contributed by atoms with van der Waals surface area (Å²) < 4.78 is 13.5. The lowest BCUT2D eigenvalue weighted by Crippen LogP contribution is -2.58. The lowest BCUT2D eigenvalue weighted by atomic mass is 9.96. The number of piperidine rings is 1. The van der Waals surface area contributed by atoms with Gasteiger partial charge in [-0.25, -0.2) is 4.39 Å². The average Bonchev–Trinajstić information content (AvgIpc) is 2.44. The lowest BCUT2D eigenvalue weighted by molar-refractivity contribution is 0.0110. The SMILES string of the molecule is CC1CN2CCCCC2CN1Cc1ccc(N)c(F)c1. The van der Waals surface area contributed by atoms with Crippen LogP contribution in [-0.4, -0.2) is 41.5 Å². The normalized spacial score (nSPS) is 28.3. The number of halogens is 1. The van der Waals surface area contributed by atoms with Gasteiger partial charge in [0.25, 0.3) is 0 Å². The highest BCUT2D eigenvalue weighted by Crippen LogP contribution is 2.25. The van der Waals surface area contributed by atoms with Crippen LogP contribution in [0.5, 0.6) is 0 Å². The second-order valence-electron chi connectivity index (χ2n) is 6.28. The van der Waals surface area contributed by atoms with Crippen LogP contribution in [0.1, 0.15) is 31.7 Å². The maximum absolute atomic E-state index is 13.5. The zero-order valence-electron chi connectivity index (χ0n) is 12.2. The van der Waals surface area contributed by atoms with Gasteiger partial charge in [-0.05, 0) is 44.0 Å². The van der Waals surface area contributed by atoms with Crippen molar-refractivity contribution in [3.8, 4) is 0 Å². The van der Waals surface area contributed by atoms with E-state index in [-0.39, 0.29) is 11.5 Å². The molecular weight excluding hydrogens is 253 g/mol. The molecule has 1 aromatic carbocycles. The first-order valence-corrected chi connectivity index (χ1v) is 7.65. The number of anilines is 1. The van der Waals surface area contributed by atoms with Crippen LogP contribution >= 0.6 is 0 Å². The molecule has 4 heteroatoms. The fraction of sp³-hybridized carbons (Fsp3) is 0.625. The van der Waals surface area contributed by atoms with Crippen molar-refractivity contribution in [2.75, 3.05) is 25.4 Å². The van der Waals surface area contributed by atoms with E-state index in [9.17, 15) is 4.39 Å². The minimum absolute atomic E-state index is 0.235. The van der Waals surface area contributed by atoms with Gasteiger partial charge in [-0.1, -0.05) is 12.5 Å². The van der Waals surface area contributed by atoms with Gasteiger partial charge >= 0.3 is 0 Å². The first-order valence-electron chi connectivity index (χ1n) is 7.65. The summed E-state index contributed by atoms with van der Waals surface area (Å²) in [6, 6.07) is 6.42. The van der Waals surface area contributed by atoms with Gasteiger partial charge in [0, 0.05) is 31.7 Å². The molecule has 3 rings (SSSR count). The third-order valence-electron chi connectivity index (χ3n) is 4.77. The Morgan fingerprint density at radius 3 is 2.95 bits per heavy atom. The van der Waals surface area contributed by atoms with E-state index in [4.69, 9.17) is 5.73 Å². The van der Waals surface area contributed by atoms with E-state index in [1.54, 1.807) is 12.1 Å². The minimum atomic E-state index is -0.300. The molecule has 0 aliphatic carbocycles. The summed E-state index contributed by atoms with van der Waals surface area (Å²) in [5.74, 6) is -0.300. The molecule has 0 radical (unpaired) electrons. The fourth-order valence-electron chi connectivity index (χ4n) is 3.54. The Bertz CT molecular complexity index is 477. The number of hydrogen-bond acceptors (Lipinski definition) is 3. The number of benzene rings is 1. The van der Waals surface area contributed by atoms with Crippen molar-refractivity contribution < 1.29 is 4.39 Å². The predicted molar refractivity (Wildman–Crippen MR) is 79.9 cm³/mol. The van der Waals surface area contributed by atoms with Crippen LogP contribution in [0, 0.1) is 5.82 Å². The Labute approximate surface area is 120 Å². The van der Waals surface area contributed by atoms with E-state index in [0.29, 0.717) is 12.1 Å². The van der Waals surface area contributed by atoms with E-state index < -0.39 is 0 Å². The van der Waals surface area contributed by atoms with Crippen molar-refractivity contribution in [1.29, 1.82) is 0 Å². The highest BCUT2D eigenvalue weighted by molar-refractivity contribution is 5.41. The van der Waals surface area contributed by atoms with Gasteiger partial charge in [-0.15, -0.1) is 0 Å². The van der Waals surface area contributed by atoms with Crippen molar-refractivity contribution >= 4 is 5.69 Å². The largest absolute Gasteiger partial charge is 0.396 e. The third-order valence-corrected chi connectivity index (χ3v) is 4.77. The molecule has 0 saturated carbocycles. The number of rotatable bonds is 2. The van der Waals surface area contributed by atoms with Crippen molar-refractivity contribution in [1.82, 2.24) is 9.80 Å². The van der Waals surface area contributed by atoms with Crippen LogP contribution in [0.25, 0.3) is 0 Å². The quantitative estimate of drug-likeness (QED) is 0.843. The Morgan fingerprint density at radius 2 is 2.15 bits per heavy atom. The van der Waals surface area contributed by atoms with Crippen LogP contribution in [0.15, 0.2) is 18.2 Å². The molecule has 2 saturated heterocycles. The molecule has 2 unspecified atom stereocenters. The number of piperazine rings is 1. The molecule has 2 N–H and O–H groups in total. The lowest BCUT2D eigenvalue weighted by Gasteiger charge is -2.47. The first kappa shape index (κ1) is 13.8. The number of nitrogens with zero attached hydrogens (tertiary/aromatic N) is 2. The topological polar surface area (TPSA) is 32.5 Å². The van der Waals surface area contributed by atoms with Crippen LogP contribution in [-0.2, 0) is 6.54 Å². The molecule has 2 aliphatic rings. The summed E-state index contributed by atoms with van der Waals surface area (Å²) in [6.07, 6.45) is 3.99. The van der Waals surface area contributed by atoms with Crippen LogP contribution in [0.2, 0.25) is 0 Å². The first-order chi connectivity index (χ1) is 9.63. The van der Waals surface area contributed by atoms with E-state index in [0.717, 1.165) is 25.2 Å². The maximum atomic E-state index is 13.5. The van der Waals surface area contributed by atoms with Crippen LogP contribution < -0.4 is 5.73 Å². The van der Waals surface area contributed by atoms with Crippen molar-refractivity contribution in [2.24, 2.45) is 0 Å². The Hall–Kier alpha value is -1.13. The predicted octanol–water partition coefficient (Wildman–Crippen LogP) is 2.47. The number of nitrogens with two attached hydrogens (primary N) is 1. The Balaban J connectivity index is 1.68. The van der Waals surface area contributed by atoms with Crippen LogP contribution in [0.4, 0.5) is 10.1 Å². The standard InChI is InChI=1S/C16H24FN3/c1-12-9-19-7-3-2-4-14(19)11-20(12)10-13-5-6-16(18)15(17)8-13/h5-6,8,12,14H,2-4,7,9-11,18H2,1H3. The van der Waals surface area contributed by atoms with E-state index >= 15 is 0 Å². The molecule has 1 aromatic rings. The smallest absolute Gasteiger partial charge is 0.146 e. The molecule has 0 spiro atoms. The van der Waals surface area contributed by atoms with Crippen molar-refractivity contribution in [2.45, 2.75) is 44.8 Å². The summed E-state index contributed by atoms with van der Waals surface area (Å²) in [5.41, 5.74) is 6.80. The Kier molecular flexibility index (Phi) is 3.94. The van der Waals surface area contributed by atoms with Gasteiger partial charge in [-0.3, -0.25) is 9.80 Å². The van der Waals surface area contributed by atoms with Crippen molar-refractivity contribution in [3.05, 3.63) is 29.6 Å². The maximum Gasteiger partial charge on any atom is 0.146 e. The summed E-state index contributed by atoms with van der Waals surface area (Å²) in [7, 11) is 0. The summed E-state index contributed by atoms with van der Waals surface area (Å²) >= 11 is 0. The van der Waals surface area contributed by atoms with Gasteiger partial charge in [0.15, 0.2) is 0 Å². The summed E-state index contributed by atoms with van der Waals surface area (Å²) in [5, 5.41) is 0. The number of hydrogen-bond donors (Lipinski definition) is 1. The molecule has 2 fully saturated rings. The van der Waals surface area contributed by atoms with Gasteiger partial charge in [0.1, 0.15) is 5.82 Å². The minimum Gasteiger partial charge on any atom is -0.396 e. The second-order valence-corrected chi connectivity index (χ2v) is 6.28. The second kappa shape index (κ2) is 5.70. The molecule has 110 valence electrons. The highest BCUT2D eigenvalue weighted by Gasteiger charge is 2.32. The van der Waals surface area contributed by atoms with Gasteiger partial charge < -0.3 is 5.73 Å². The van der Waals surface area contributed by atoms with E-state index in [1.165, 1.54) is 25.8 Å². The summed E-state index contributed by atoms with van der Waals surface area (Å²) in [6.45, 7) is 6.59. The molecule has 0 amide bonds. The average molecular weight is 277 g/mol. The van der Waals surface area contributed by atoms with Crippen molar-refractivity contribution in [3.63, 3.8) is 0 Å². The molecule has 0 bridgehead atoms.